The highest BCUT2D eigenvalue weighted by atomic mass is 32.2. The molecule has 0 bridgehead atoms. The normalized spacial score (nSPS) is 10.9. The lowest BCUT2D eigenvalue weighted by Crippen LogP contribution is -2.30. The fourth-order valence-electron chi connectivity index (χ4n) is 1.52. The molecule has 110 valence electrons. The minimum Gasteiger partial charge on any atom is -0.326 e. The third-order valence-corrected chi connectivity index (χ3v) is 3.88. The Bertz CT molecular complexity index is 579. The van der Waals surface area contributed by atoms with Crippen molar-refractivity contribution in [2.45, 2.75) is 38.0 Å². The van der Waals surface area contributed by atoms with Gasteiger partial charge in [0.15, 0.2) is 0 Å². The van der Waals surface area contributed by atoms with E-state index >= 15 is 0 Å². The van der Waals surface area contributed by atoms with Crippen LogP contribution in [0.3, 0.4) is 0 Å². The zero-order valence-corrected chi connectivity index (χ0v) is 12.3. The van der Waals surface area contributed by atoms with E-state index in [9.17, 15) is 18.0 Å². The summed E-state index contributed by atoms with van der Waals surface area (Å²) in [6, 6.07) is 5.60. The first kappa shape index (κ1) is 16.2. The van der Waals surface area contributed by atoms with Gasteiger partial charge in [-0.15, -0.1) is 0 Å². The van der Waals surface area contributed by atoms with Crippen molar-refractivity contribution in [1.29, 1.82) is 0 Å². The first-order valence-electron chi connectivity index (χ1n) is 6.28. The molecule has 0 fully saturated rings. The SMILES string of the molecule is CCCCC(=O)NS(=O)(=O)c1ccc(NC(C)=O)cc1. The first-order valence-corrected chi connectivity index (χ1v) is 7.77. The van der Waals surface area contributed by atoms with Gasteiger partial charge < -0.3 is 5.32 Å². The molecule has 7 heteroatoms. The lowest BCUT2D eigenvalue weighted by molar-refractivity contribution is -0.119. The Kier molecular flexibility index (Phi) is 5.69. The molecule has 0 saturated carbocycles. The molecule has 1 aromatic rings. The number of benzene rings is 1. The van der Waals surface area contributed by atoms with Crippen LogP contribution in [0.4, 0.5) is 5.69 Å². The highest BCUT2D eigenvalue weighted by Crippen LogP contribution is 2.14. The number of amides is 2. The number of nitrogens with one attached hydrogen (secondary N) is 2. The predicted molar refractivity (Wildman–Crippen MR) is 75.6 cm³/mol. The molecule has 0 unspecified atom stereocenters. The number of sulfonamides is 1. The van der Waals surface area contributed by atoms with Gasteiger partial charge in [-0.25, -0.2) is 13.1 Å². The molecular formula is C13H18N2O4S. The Morgan fingerprint density at radius 2 is 1.75 bits per heavy atom. The van der Waals surface area contributed by atoms with E-state index in [4.69, 9.17) is 0 Å². The number of anilines is 1. The van der Waals surface area contributed by atoms with E-state index in [-0.39, 0.29) is 17.2 Å². The van der Waals surface area contributed by atoms with Gasteiger partial charge >= 0.3 is 0 Å². The number of hydrogen-bond donors (Lipinski definition) is 2. The first-order chi connectivity index (χ1) is 9.35. The van der Waals surface area contributed by atoms with Crippen molar-refractivity contribution in [2.75, 3.05) is 5.32 Å². The van der Waals surface area contributed by atoms with Gasteiger partial charge in [-0.3, -0.25) is 9.59 Å². The molecular weight excluding hydrogens is 280 g/mol. The van der Waals surface area contributed by atoms with E-state index in [1.54, 1.807) is 0 Å². The number of carbonyl (C=O) groups excluding carboxylic acids is 2. The lowest BCUT2D eigenvalue weighted by Gasteiger charge is -2.07. The molecule has 0 aliphatic heterocycles. The van der Waals surface area contributed by atoms with E-state index in [2.05, 4.69) is 5.32 Å². The number of carbonyl (C=O) groups is 2. The fourth-order valence-corrected chi connectivity index (χ4v) is 2.53. The Morgan fingerprint density at radius 3 is 2.25 bits per heavy atom. The maximum absolute atomic E-state index is 11.9. The number of unbranched alkanes of at least 4 members (excludes halogenated alkanes) is 1. The van der Waals surface area contributed by atoms with Gasteiger partial charge in [0.2, 0.25) is 11.8 Å². The Morgan fingerprint density at radius 1 is 1.15 bits per heavy atom. The molecule has 0 spiro atoms. The summed E-state index contributed by atoms with van der Waals surface area (Å²) in [5.41, 5.74) is 0.494. The summed E-state index contributed by atoms with van der Waals surface area (Å²) >= 11 is 0. The van der Waals surface area contributed by atoms with Crippen LogP contribution in [0.1, 0.15) is 33.1 Å². The Labute approximate surface area is 118 Å². The van der Waals surface area contributed by atoms with Crippen LogP contribution in [-0.2, 0) is 19.6 Å². The standard InChI is InChI=1S/C13H18N2O4S/c1-3-4-5-13(17)15-20(18,19)12-8-6-11(7-9-12)14-10(2)16/h6-9H,3-5H2,1-2H3,(H,14,16)(H,15,17). The molecule has 1 aromatic carbocycles. The highest BCUT2D eigenvalue weighted by Gasteiger charge is 2.17. The Hall–Kier alpha value is -1.89. The number of rotatable bonds is 6. The third kappa shape index (κ3) is 5.00. The largest absolute Gasteiger partial charge is 0.326 e. The van der Waals surface area contributed by atoms with Crippen LogP contribution >= 0.6 is 0 Å². The van der Waals surface area contributed by atoms with Crippen LogP contribution < -0.4 is 10.0 Å². The van der Waals surface area contributed by atoms with Crippen molar-refractivity contribution in [1.82, 2.24) is 4.72 Å². The molecule has 0 aliphatic carbocycles. The molecule has 0 saturated heterocycles. The van der Waals surface area contributed by atoms with E-state index in [0.29, 0.717) is 12.1 Å². The molecule has 6 nitrogen and oxygen atoms in total. The van der Waals surface area contributed by atoms with Gasteiger partial charge in [0.1, 0.15) is 0 Å². The van der Waals surface area contributed by atoms with Crippen molar-refractivity contribution in [3.63, 3.8) is 0 Å². The summed E-state index contributed by atoms with van der Waals surface area (Å²) in [7, 11) is -3.85. The maximum Gasteiger partial charge on any atom is 0.264 e. The Balaban J connectivity index is 2.77. The average Bonchev–Trinajstić information content (AvgIpc) is 2.35. The van der Waals surface area contributed by atoms with Crippen molar-refractivity contribution in [3.8, 4) is 0 Å². The summed E-state index contributed by atoms with van der Waals surface area (Å²) < 4.78 is 25.9. The van der Waals surface area contributed by atoms with Crippen LogP contribution in [0.2, 0.25) is 0 Å². The van der Waals surface area contributed by atoms with E-state index in [1.807, 2.05) is 11.6 Å². The smallest absolute Gasteiger partial charge is 0.264 e. The second-order valence-electron chi connectivity index (χ2n) is 4.34. The molecule has 0 heterocycles. The lowest BCUT2D eigenvalue weighted by atomic mass is 10.2. The van der Waals surface area contributed by atoms with Gasteiger partial charge in [0.05, 0.1) is 4.90 Å². The van der Waals surface area contributed by atoms with Crippen LogP contribution in [0, 0.1) is 0 Å². The van der Waals surface area contributed by atoms with Gasteiger partial charge in [-0.1, -0.05) is 13.3 Å². The molecule has 1 rings (SSSR count). The predicted octanol–water partition coefficient (Wildman–Crippen LogP) is 1.64. The summed E-state index contributed by atoms with van der Waals surface area (Å²) in [6.45, 7) is 3.28. The van der Waals surface area contributed by atoms with Crippen LogP contribution in [-0.4, -0.2) is 20.2 Å². The molecule has 0 radical (unpaired) electrons. The van der Waals surface area contributed by atoms with E-state index in [1.165, 1.54) is 31.2 Å². The fraction of sp³-hybridized carbons (Fsp3) is 0.385. The maximum atomic E-state index is 11.9. The van der Waals surface area contributed by atoms with E-state index < -0.39 is 15.9 Å². The zero-order valence-electron chi connectivity index (χ0n) is 11.5. The molecule has 2 amide bonds. The minimum atomic E-state index is -3.85. The van der Waals surface area contributed by atoms with Crippen molar-refractivity contribution >= 4 is 27.5 Å². The van der Waals surface area contributed by atoms with Crippen LogP contribution in [0.25, 0.3) is 0 Å². The highest BCUT2D eigenvalue weighted by molar-refractivity contribution is 7.90. The molecule has 20 heavy (non-hydrogen) atoms. The molecule has 0 atom stereocenters. The summed E-state index contributed by atoms with van der Waals surface area (Å²) in [6.07, 6.45) is 1.64. The van der Waals surface area contributed by atoms with Gasteiger partial charge in [0, 0.05) is 19.0 Å². The molecule has 0 aliphatic rings. The topological polar surface area (TPSA) is 92.3 Å². The van der Waals surface area contributed by atoms with Gasteiger partial charge in [0.25, 0.3) is 10.0 Å². The number of hydrogen-bond acceptors (Lipinski definition) is 4. The summed E-state index contributed by atoms with van der Waals surface area (Å²) in [5.74, 6) is -0.758. The van der Waals surface area contributed by atoms with Crippen LogP contribution in [0.5, 0.6) is 0 Å². The average molecular weight is 298 g/mol. The second-order valence-corrected chi connectivity index (χ2v) is 6.02. The minimum absolute atomic E-state index is 0.0172. The monoisotopic (exact) mass is 298 g/mol. The van der Waals surface area contributed by atoms with Crippen LogP contribution in [0.15, 0.2) is 29.2 Å². The van der Waals surface area contributed by atoms with E-state index in [0.717, 1.165) is 6.42 Å². The second kappa shape index (κ2) is 7.04. The van der Waals surface area contributed by atoms with Crippen molar-refractivity contribution in [3.05, 3.63) is 24.3 Å². The molecule has 0 aromatic heterocycles. The summed E-state index contributed by atoms with van der Waals surface area (Å²) in [5, 5.41) is 2.53. The quantitative estimate of drug-likeness (QED) is 0.835. The zero-order chi connectivity index (χ0) is 15.2. The van der Waals surface area contributed by atoms with Crippen molar-refractivity contribution in [2.24, 2.45) is 0 Å². The van der Waals surface area contributed by atoms with Gasteiger partial charge in [-0.05, 0) is 30.7 Å². The summed E-state index contributed by atoms with van der Waals surface area (Å²) in [4.78, 5) is 22.3. The third-order valence-electron chi connectivity index (χ3n) is 2.49. The molecule has 2 N–H and O–H groups in total. The van der Waals surface area contributed by atoms with Gasteiger partial charge in [-0.2, -0.15) is 0 Å². The van der Waals surface area contributed by atoms with Crippen molar-refractivity contribution < 1.29 is 18.0 Å².